The molecule has 0 spiro atoms. The van der Waals surface area contributed by atoms with Crippen molar-refractivity contribution in [2.24, 2.45) is 0 Å². The fourth-order valence-electron chi connectivity index (χ4n) is 1.95. The summed E-state index contributed by atoms with van der Waals surface area (Å²) >= 11 is 3.04. The number of esters is 1. The fourth-order valence-corrected chi connectivity index (χ4v) is 2.16. The van der Waals surface area contributed by atoms with Gasteiger partial charge in [-0.15, -0.1) is 0 Å². The molecule has 0 fully saturated rings. The Hall–Kier alpha value is -1.36. The molecule has 0 heterocycles. The number of hydrogen-bond donors (Lipinski definition) is 0. The topological polar surface area (TPSA) is 46.6 Å². The van der Waals surface area contributed by atoms with Crippen LogP contribution in [0.5, 0.6) is 0 Å². The number of carbonyl (C=O) groups excluding carboxylic acids is 2. The number of nitrogens with zero attached hydrogens (tertiary/aromatic N) is 1. The summed E-state index contributed by atoms with van der Waals surface area (Å²) in [7, 11) is 0. The minimum atomic E-state index is -0.436. The number of hydrogen-bond acceptors (Lipinski definition) is 3. The van der Waals surface area contributed by atoms with Gasteiger partial charge in [-0.2, -0.15) is 0 Å². The standard InChI is InChI=1S/C15H20BrNO3/c1-3-8-17(9-4-2)14(18)12-6-5-7-13(10-12)15(19)20-11-16/h5-7,10H,3-4,8-9,11H2,1-2H3. The summed E-state index contributed by atoms with van der Waals surface area (Å²) in [5.74, 6) is -0.476. The summed E-state index contributed by atoms with van der Waals surface area (Å²) in [6, 6.07) is 6.66. The lowest BCUT2D eigenvalue weighted by atomic mass is 10.1. The molecule has 1 aromatic carbocycles. The maximum Gasteiger partial charge on any atom is 0.338 e. The number of alkyl halides is 1. The van der Waals surface area contributed by atoms with Gasteiger partial charge in [-0.25, -0.2) is 4.79 Å². The Morgan fingerprint density at radius 1 is 1.15 bits per heavy atom. The Bertz CT molecular complexity index is 456. The summed E-state index contributed by atoms with van der Waals surface area (Å²) in [5.41, 5.74) is 1.06. The van der Waals surface area contributed by atoms with Crippen LogP contribution in [0.2, 0.25) is 0 Å². The monoisotopic (exact) mass is 341 g/mol. The van der Waals surface area contributed by atoms with Crippen LogP contribution in [0.3, 0.4) is 0 Å². The van der Waals surface area contributed by atoms with Crippen LogP contribution in [-0.4, -0.2) is 35.4 Å². The number of benzene rings is 1. The molecule has 1 amide bonds. The average Bonchev–Trinajstić information content (AvgIpc) is 2.46. The van der Waals surface area contributed by atoms with Crippen LogP contribution in [0.15, 0.2) is 24.3 Å². The number of rotatable bonds is 7. The van der Waals surface area contributed by atoms with Gasteiger partial charge in [-0.3, -0.25) is 4.79 Å². The van der Waals surface area contributed by atoms with E-state index in [0.29, 0.717) is 11.1 Å². The third kappa shape index (κ3) is 4.63. The van der Waals surface area contributed by atoms with E-state index < -0.39 is 5.97 Å². The normalized spacial score (nSPS) is 10.2. The fraction of sp³-hybridized carbons (Fsp3) is 0.467. The molecule has 0 unspecified atom stereocenters. The molecule has 1 rings (SSSR count). The maximum atomic E-state index is 12.4. The van der Waals surface area contributed by atoms with Crippen molar-refractivity contribution in [3.8, 4) is 0 Å². The van der Waals surface area contributed by atoms with E-state index in [0.717, 1.165) is 25.9 Å². The summed E-state index contributed by atoms with van der Waals surface area (Å²) in [5, 5.41) is 0. The Labute approximate surface area is 128 Å². The van der Waals surface area contributed by atoms with Gasteiger partial charge in [0, 0.05) is 18.7 Å². The lowest BCUT2D eigenvalue weighted by molar-refractivity contribution is 0.0584. The van der Waals surface area contributed by atoms with Crippen molar-refractivity contribution in [3.05, 3.63) is 35.4 Å². The molecule has 1 aromatic rings. The highest BCUT2D eigenvalue weighted by atomic mass is 79.9. The molecule has 5 heteroatoms. The molecule has 0 aromatic heterocycles. The first-order valence-corrected chi connectivity index (χ1v) is 7.88. The van der Waals surface area contributed by atoms with Crippen molar-refractivity contribution in [1.82, 2.24) is 4.90 Å². The van der Waals surface area contributed by atoms with Gasteiger partial charge in [-0.05, 0) is 47.0 Å². The van der Waals surface area contributed by atoms with Crippen molar-refractivity contribution < 1.29 is 14.3 Å². The molecule has 0 saturated heterocycles. The van der Waals surface area contributed by atoms with Crippen LogP contribution >= 0.6 is 15.9 Å². The van der Waals surface area contributed by atoms with Crippen LogP contribution in [0.1, 0.15) is 47.4 Å². The molecule has 0 aliphatic carbocycles. The minimum absolute atomic E-state index is 0.0396. The van der Waals surface area contributed by atoms with Crippen LogP contribution in [0, 0.1) is 0 Å². The zero-order valence-corrected chi connectivity index (χ0v) is 13.5. The van der Waals surface area contributed by atoms with E-state index in [2.05, 4.69) is 15.9 Å². The minimum Gasteiger partial charge on any atom is -0.450 e. The number of amides is 1. The third-order valence-corrected chi connectivity index (χ3v) is 3.03. The predicted octanol–water partition coefficient (Wildman–Crippen LogP) is 3.46. The second-order valence-electron chi connectivity index (χ2n) is 4.41. The van der Waals surface area contributed by atoms with E-state index in [1.807, 2.05) is 18.7 Å². The zero-order valence-electron chi connectivity index (χ0n) is 11.9. The molecule has 4 nitrogen and oxygen atoms in total. The van der Waals surface area contributed by atoms with Crippen LogP contribution < -0.4 is 0 Å². The van der Waals surface area contributed by atoms with Crippen molar-refractivity contribution in [1.29, 1.82) is 0 Å². The Morgan fingerprint density at radius 3 is 2.30 bits per heavy atom. The molecule has 20 heavy (non-hydrogen) atoms. The number of halogens is 1. The number of carbonyl (C=O) groups is 2. The molecule has 110 valence electrons. The van der Waals surface area contributed by atoms with E-state index in [-0.39, 0.29) is 11.4 Å². The third-order valence-electron chi connectivity index (χ3n) is 2.81. The Morgan fingerprint density at radius 2 is 1.75 bits per heavy atom. The first-order valence-electron chi connectivity index (χ1n) is 6.76. The quantitative estimate of drug-likeness (QED) is 0.563. The molecule has 0 radical (unpaired) electrons. The summed E-state index contributed by atoms with van der Waals surface area (Å²) in [4.78, 5) is 25.9. The van der Waals surface area contributed by atoms with Gasteiger partial charge in [0.05, 0.1) is 5.56 Å². The molecule has 0 atom stereocenters. The van der Waals surface area contributed by atoms with E-state index in [1.54, 1.807) is 24.3 Å². The predicted molar refractivity (Wildman–Crippen MR) is 82.1 cm³/mol. The van der Waals surface area contributed by atoms with Crippen molar-refractivity contribution >= 4 is 27.8 Å². The summed E-state index contributed by atoms with van der Waals surface area (Å²) < 4.78 is 4.87. The largest absolute Gasteiger partial charge is 0.450 e. The first-order chi connectivity index (χ1) is 9.63. The highest BCUT2D eigenvalue weighted by Gasteiger charge is 2.16. The van der Waals surface area contributed by atoms with Crippen LogP contribution in [0.4, 0.5) is 0 Å². The van der Waals surface area contributed by atoms with E-state index in [9.17, 15) is 9.59 Å². The SMILES string of the molecule is CCCN(CCC)C(=O)c1cccc(C(=O)OCBr)c1. The van der Waals surface area contributed by atoms with Gasteiger partial charge in [0.15, 0.2) is 0 Å². The van der Waals surface area contributed by atoms with Gasteiger partial charge < -0.3 is 9.64 Å². The highest BCUT2D eigenvalue weighted by molar-refractivity contribution is 9.09. The highest BCUT2D eigenvalue weighted by Crippen LogP contribution is 2.11. The van der Waals surface area contributed by atoms with E-state index in [1.165, 1.54) is 0 Å². The Balaban J connectivity index is 2.91. The van der Waals surface area contributed by atoms with Gasteiger partial charge in [0.25, 0.3) is 5.91 Å². The zero-order chi connectivity index (χ0) is 15.0. The first kappa shape index (κ1) is 16.7. The van der Waals surface area contributed by atoms with Gasteiger partial charge in [0.1, 0.15) is 5.52 Å². The maximum absolute atomic E-state index is 12.4. The summed E-state index contributed by atoms with van der Waals surface area (Å²) in [6.07, 6.45) is 1.83. The molecular formula is C15H20BrNO3. The average molecular weight is 342 g/mol. The van der Waals surface area contributed by atoms with Gasteiger partial charge >= 0.3 is 5.97 Å². The molecule has 0 bridgehead atoms. The van der Waals surface area contributed by atoms with Gasteiger partial charge in [0.2, 0.25) is 0 Å². The number of ether oxygens (including phenoxy) is 1. The second-order valence-corrected chi connectivity index (χ2v) is 4.87. The van der Waals surface area contributed by atoms with Crippen LogP contribution in [-0.2, 0) is 4.74 Å². The summed E-state index contributed by atoms with van der Waals surface area (Å²) in [6.45, 7) is 5.53. The van der Waals surface area contributed by atoms with Gasteiger partial charge in [-0.1, -0.05) is 19.9 Å². The van der Waals surface area contributed by atoms with Crippen molar-refractivity contribution in [2.45, 2.75) is 26.7 Å². The second kappa shape index (κ2) is 8.74. The van der Waals surface area contributed by atoms with Crippen LogP contribution in [0.25, 0.3) is 0 Å². The van der Waals surface area contributed by atoms with E-state index >= 15 is 0 Å². The molecular weight excluding hydrogens is 322 g/mol. The molecule has 0 aliphatic rings. The van der Waals surface area contributed by atoms with Crippen molar-refractivity contribution in [2.75, 3.05) is 18.6 Å². The lowest BCUT2D eigenvalue weighted by Gasteiger charge is -2.21. The van der Waals surface area contributed by atoms with E-state index in [4.69, 9.17) is 4.74 Å². The Kier molecular flexibility index (Phi) is 7.30. The molecule has 0 aliphatic heterocycles. The lowest BCUT2D eigenvalue weighted by Crippen LogP contribution is -2.32. The molecule has 0 N–H and O–H groups in total. The smallest absolute Gasteiger partial charge is 0.338 e. The van der Waals surface area contributed by atoms with Crippen molar-refractivity contribution in [3.63, 3.8) is 0 Å². The molecule has 0 saturated carbocycles.